The normalized spacial score (nSPS) is 16.2. The summed E-state index contributed by atoms with van der Waals surface area (Å²) < 4.78 is 0. The van der Waals surface area contributed by atoms with Crippen LogP contribution in [0.25, 0.3) is 0 Å². The summed E-state index contributed by atoms with van der Waals surface area (Å²) in [6.45, 7) is 0. The summed E-state index contributed by atoms with van der Waals surface area (Å²) in [5.74, 6) is -0.948. The van der Waals surface area contributed by atoms with Gasteiger partial charge in [0, 0.05) is 5.69 Å². The van der Waals surface area contributed by atoms with Crippen LogP contribution >= 0.6 is 0 Å². The first kappa shape index (κ1) is 15.7. The second-order valence-electron chi connectivity index (χ2n) is 5.66. The third-order valence-electron chi connectivity index (χ3n) is 3.83. The van der Waals surface area contributed by atoms with E-state index >= 15 is 0 Å². The number of para-hydroxylation sites is 2. The van der Waals surface area contributed by atoms with Gasteiger partial charge in [-0.3, -0.25) is 15.0 Å². The second-order valence-corrected chi connectivity index (χ2v) is 5.66. The number of guanidine groups is 1. The highest BCUT2D eigenvalue weighted by molar-refractivity contribution is 6.50. The molecule has 2 aliphatic rings. The molecule has 0 fully saturated rings. The van der Waals surface area contributed by atoms with Crippen molar-refractivity contribution in [2.45, 2.75) is 6.42 Å². The molecule has 0 aromatic heterocycles. The van der Waals surface area contributed by atoms with Crippen LogP contribution in [0, 0.1) is 5.41 Å². The number of anilines is 2. The Labute approximate surface area is 149 Å². The number of nitrogens with one attached hydrogen (secondary N) is 2. The Morgan fingerprint density at radius 3 is 2.38 bits per heavy atom. The zero-order valence-corrected chi connectivity index (χ0v) is 13.6. The fraction of sp³-hybridized carbons (Fsp3) is 0.0556. The van der Waals surface area contributed by atoms with E-state index in [1.165, 1.54) is 5.01 Å². The van der Waals surface area contributed by atoms with Gasteiger partial charge in [-0.1, -0.05) is 36.4 Å². The van der Waals surface area contributed by atoms with Crippen molar-refractivity contribution in [2.75, 3.05) is 10.3 Å². The molecule has 2 aliphatic heterocycles. The van der Waals surface area contributed by atoms with Crippen molar-refractivity contribution in [1.82, 2.24) is 4.90 Å². The van der Waals surface area contributed by atoms with E-state index in [4.69, 9.17) is 5.41 Å². The minimum atomic E-state index is -0.524. The van der Waals surface area contributed by atoms with Crippen molar-refractivity contribution in [3.05, 3.63) is 60.7 Å². The van der Waals surface area contributed by atoms with Crippen LogP contribution in [-0.4, -0.2) is 34.3 Å². The number of hydrogen-bond acceptors (Lipinski definition) is 5. The van der Waals surface area contributed by atoms with Crippen LogP contribution in [-0.2, 0) is 9.59 Å². The zero-order valence-electron chi connectivity index (χ0n) is 13.6. The highest BCUT2D eigenvalue weighted by Gasteiger charge is 2.42. The molecule has 2 heterocycles. The minimum absolute atomic E-state index is 0.0675. The molecule has 8 heteroatoms. The Morgan fingerprint density at radius 1 is 1.04 bits per heavy atom. The quantitative estimate of drug-likeness (QED) is 0.889. The predicted octanol–water partition coefficient (Wildman–Crippen LogP) is 2.02. The van der Waals surface area contributed by atoms with E-state index in [1.807, 2.05) is 24.3 Å². The maximum atomic E-state index is 12.7. The third-order valence-corrected chi connectivity index (χ3v) is 3.83. The van der Waals surface area contributed by atoms with Gasteiger partial charge in [0.1, 0.15) is 5.84 Å². The molecule has 4 rings (SSSR count). The molecule has 0 saturated carbocycles. The SMILES string of the molecule is N=C1CC(=O)N2C(C(=O)Nc3ccccc3)=NN(c3ccccc3)C2=N1. The average molecular weight is 346 g/mol. The summed E-state index contributed by atoms with van der Waals surface area (Å²) in [4.78, 5) is 30.4. The molecule has 26 heavy (non-hydrogen) atoms. The van der Waals surface area contributed by atoms with Crippen molar-refractivity contribution in [3.8, 4) is 0 Å². The lowest BCUT2D eigenvalue weighted by atomic mass is 10.2. The third kappa shape index (κ3) is 2.73. The summed E-state index contributed by atoms with van der Waals surface area (Å²) in [6, 6.07) is 17.9. The van der Waals surface area contributed by atoms with E-state index < -0.39 is 11.8 Å². The van der Waals surface area contributed by atoms with Gasteiger partial charge in [0.15, 0.2) is 0 Å². The van der Waals surface area contributed by atoms with E-state index in [9.17, 15) is 9.59 Å². The molecule has 0 aliphatic carbocycles. The van der Waals surface area contributed by atoms with Crippen LogP contribution in [0.15, 0.2) is 70.8 Å². The number of aliphatic imine (C=N–C) groups is 1. The topological polar surface area (TPSA) is 101 Å². The van der Waals surface area contributed by atoms with Crippen LogP contribution in [0.3, 0.4) is 0 Å². The Balaban J connectivity index is 1.73. The van der Waals surface area contributed by atoms with Gasteiger partial charge in [-0.15, -0.1) is 5.10 Å². The monoisotopic (exact) mass is 346 g/mol. The Bertz CT molecular complexity index is 952. The minimum Gasteiger partial charge on any atom is -0.319 e. The molecule has 0 bridgehead atoms. The van der Waals surface area contributed by atoms with Crippen LogP contribution in [0.5, 0.6) is 0 Å². The van der Waals surface area contributed by atoms with E-state index in [2.05, 4.69) is 15.4 Å². The number of amides is 2. The van der Waals surface area contributed by atoms with Crippen molar-refractivity contribution < 1.29 is 9.59 Å². The smallest absolute Gasteiger partial charge is 0.294 e. The molecule has 2 aromatic rings. The Kier molecular flexibility index (Phi) is 3.77. The number of carbonyl (C=O) groups is 2. The van der Waals surface area contributed by atoms with Crippen LogP contribution in [0.2, 0.25) is 0 Å². The second kappa shape index (κ2) is 6.25. The van der Waals surface area contributed by atoms with Gasteiger partial charge in [-0.05, 0) is 24.3 Å². The van der Waals surface area contributed by atoms with Gasteiger partial charge in [0.2, 0.25) is 17.7 Å². The van der Waals surface area contributed by atoms with E-state index in [-0.39, 0.29) is 24.1 Å². The maximum absolute atomic E-state index is 12.7. The molecule has 8 nitrogen and oxygen atoms in total. The summed E-state index contributed by atoms with van der Waals surface area (Å²) >= 11 is 0. The lowest BCUT2D eigenvalue weighted by molar-refractivity contribution is -0.124. The Morgan fingerprint density at radius 2 is 1.69 bits per heavy atom. The first-order valence-corrected chi connectivity index (χ1v) is 7.93. The number of fused-ring (bicyclic) bond motifs is 1. The van der Waals surface area contributed by atoms with Gasteiger partial charge in [-0.2, -0.15) is 10.0 Å². The molecule has 2 N–H and O–H groups in total. The number of nitrogens with zero attached hydrogens (tertiary/aromatic N) is 4. The predicted molar refractivity (Wildman–Crippen MR) is 98.1 cm³/mol. The van der Waals surface area contributed by atoms with Gasteiger partial charge < -0.3 is 5.32 Å². The fourth-order valence-electron chi connectivity index (χ4n) is 2.68. The average Bonchev–Trinajstić information content (AvgIpc) is 3.03. The lowest BCUT2D eigenvalue weighted by Crippen LogP contribution is -2.49. The maximum Gasteiger partial charge on any atom is 0.294 e. The molecule has 2 aromatic carbocycles. The molecular formula is C18H14N6O2. The first-order valence-electron chi connectivity index (χ1n) is 7.93. The van der Waals surface area contributed by atoms with Gasteiger partial charge in [-0.25, -0.2) is 4.90 Å². The van der Waals surface area contributed by atoms with Crippen molar-refractivity contribution >= 4 is 40.8 Å². The summed E-state index contributed by atoms with van der Waals surface area (Å²) in [7, 11) is 0. The van der Waals surface area contributed by atoms with Crippen LogP contribution in [0.1, 0.15) is 6.42 Å². The van der Waals surface area contributed by atoms with E-state index in [0.717, 1.165) is 4.90 Å². The number of rotatable bonds is 3. The van der Waals surface area contributed by atoms with Gasteiger partial charge >= 0.3 is 0 Å². The molecule has 128 valence electrons. The molecule has 0 saturated heterocycles. The fourth-order valence-corrected chi connectivity index (χ4v) is 2.68. The van der Waals surface area contributed by atoms with Crippen molar-refractivity contribution in [2.24, 2.45) is 10.1 Å². The summed E-state index contributed by atoms with van der Waals surface area (Å²) in [6.07, 6.45) is -0.177. The van der Waals surface area contributed by atoms with Gasteiger partial charge in [0.05, 0.1) is 12.1 Å². The number of carbonyl (C=O) groups excluding carboxylic acids is 2. The van der Waals surface area contributed by atoms with Crippen LogP contribution in [0.4, 0.5) is 11.4 Å². The zero-order chi connectivity index (χ0) is 18.1. The van der Waals surface area contributed by atoms with Crippen LogP contribution < -0.4 is 10.3 Å². The molecule has 0 radical (unpaired) electrons. The largest absolute Gasteiger partial charge is 0.319 e. The first-order chi connectivity index (χ1) is 12.6. The summed E-state index contributed by atoms with van der Waals surface area (Å²) in [5.41, 5.74) is 1.23. The van der Waals surface area contributed by atoms with Crippen molar-refractivity contribution in [3.63, 3.8) is 0 Å². The molecule has 0 atom stereocenters. The lowest BCUT2D eigenvalue weighted by Gasteiger charge is -2.24. The highest BCUT2D eigenvalue weighted by Crippen LogP contribution is 2.25. The van der Waals surface area contributed by atoms with E-state index in [0.29, 0.717) is 11.4 Å². The van der Waals surface area contributed by atoms with Gasteiger partial charge in [0.25, 0.3) is 5.91 Å². The Hall–Kier alpha value is -3.81. The number of hydrogen-bond donors (Lipinski definition) is 2. The summed E-state index contributed by atoms with van der Waals surface area (Å²) in [5, 5.41) is 16.2. The number of amidine groups is 2. The van der Waals surface area contributed by atoms with Crippen molar-refractivity contribution in [1.29, 1.82) is 5.41 Å². The number of benzene rings is 2. The van der Waals surface area contributed by atoms with E-state index in [1.54, 1.807) is 36.4 Å². The standard InChI is InChI=1S/C18H14N6O2/c19-14-11-15(25)23-16(17(26)20-12-7-3-1-4-8-12)22-24(18(23)21-14)13-9-5-2-6-10-13/h1-10,19H,11H2,(H,20,26). The number of hydrazone groups is 1. The molecule has 0 spiro atoms. The molecular weight excluding hydrogens is 332 g/mol. The molecule has 0 unspecified atom stereocenters. The molecule has 2 amide bonds. The highest BCUT2D eigenvalue weighted by atomic mass is 16.2.